The summed E-state index contributed by atoms with van der Waals surface area (Å²) in [6.07, 6.45) is 4.52. The van der Waals surface area contributed by atoms with Gasteiger partial charge in [0.1, 0.15) is 17.9 Å². The van der Waals surface area contributed by atoms with Gasteiger partial charge in [-0.15, -0.1) is 0 Å². The lowest BCUT2D eigenvalue weighted by Gasteiger charge is -2.08. The van der Waals surface area contributed by atoms with Crippen LogP contribution in [0.25, 0.3) is 44.5 Å². The van der Waals surface area contributed by atoms with Crippen LogP contribution in [-0.4, -0.2) is 21.5 Å². The van der Waals surface area contributed by atoms with Crippen LogP contribution in [0.1, 0.15) is 5.56 Å². The van der Waals surface area contributed by atoms with Crippen molar-refractivity contribution < 1.29 is 4.42 Å². The first-order chi connectivity index (χ1) is 16.4. The summed E-state index contributed by atoms with van der Waals surface area (Å²) in [6, 6.07) is 28.8. The molecule has 0 aliphatic carbocycles. The molecule has 160 valence electrons. The van der Waals surface area contributed by atoms with Crippen molar-refractivity contribution >= 4 is 27.8 Å². The van der Waals surface area contributed by atoms with E-state index in [9.17, 15) is 0 Å². The number of rotatable bonds is 6. The topological polar surface area (TPSA) is 66.7 Å². The van der Waals surface area contributed by atoms with E-state index in [2.05, 4.69) is 68.9 Å². The van der Waals surface area contributed by atoms with E-state index in [1.165, 1.54) is 10.9 Å². The minimum atomic E-state index is 0.581. The molecular formula is C28H22N4O. The second kappa shape index (κ2) is 8.28. The summed E-state index contributed by atoms with van der Waals surface area (Å²) < 4.78 is 6.29. The summed E-state index contributed by atoms with van der Waals surface area (Å²) in [4.78, 5) is 12.4. The molecule has 5 nitrogen and oxygen atoms in total. The van der Waals surface area contributed by atoms with Gasteiger partial charge in [0.25, 0.3) is 0 Å². The average molecular weight is 431 g/mol. The summed E-state index contributed by atoms with van der Waals surface area (Å²) >= 11 is 0. The molecule has 0 saturated heterocycles. The van der Waals surface area contributed by atoms with Crippen LogP contribution in [0.2, 0.25) is 0 Å². The van der Waals surface area contributed by atoms with E-state index in [0.29, 0.717) is 5.71 Å². The first-order valence-electron chi connectivity index (χ1n) is 11.1. The van der Waals surface area contributed by atoms with E-state index in [1.54, 1.807) is 6.33 Å². The Kier molecular flexibility index (Phi) is 4.85. The zero-order valence-corrected chi connectivity index (χ0v) is 18.0. The predicted octanol–water partition coefficient (Wildman–Crippen LogP) is 6.69. The molecule has 0 spiro atoms. The molecule has 0 saturated carbocycles. The van der Waals surface area contributed by atoms with Crippen LogP contribution in [0.5, 0.6) is 0 Å². The minimum absolute atomic E-state index is 0.581. The van der Waals surface area contributed by atoms with Crippen molar-refractivity contribution in [2.24, 2.45) is 0 Å². The molecule has 5 heteroatoms. The summed E-state index contributed by atoms with van der Waals surface area (Å²) in [5.41, 5.74) is 6.11. The molecule has 0 bridgehead atoms. The number of para-hydroxylation sites is 1. The van der Waals surface area contributed by atoms with Gasteiger partial charge in [-0.1, -0.05) is 78.9 Å². The average Bonchev–Trinajstić information content (AvgIpc) is 3.47. The maximum atomic E-state index is 6.29. The van der Waals surface area contributed by atoms with Gasteiger partial charge < -0.3 is 14.7 Å². The number of anilines is 1. The second-order valence-corrected chi connectivity index (χ2v) is 7.98. The molecule has 6 aromatic rings. The van der Waals surface area contributed by atoms with Gasteiger partial charge in [0.2, 0.25) is 5.71 Å². The van der Waals surface area contributed by atoms with E-state index < -0.39 is 0 Å². The number of fused-ring (bicyclic) bond motifs is 2. The Morgan fingerprint density at radius 3 is 2.33 bits per heavy atom. The van der Waals surface area contributed by atoms with E-state index in [4.69, 9.17) is 4.42 Å². The molecule has 3 aromatic carbocycles. The van der Waals surface area contributed by atoms with Gasteiger partial charge in [0.05, 0.1) is 5.39 Å². The van der Waals surface area contributed by atoms with Crippen molar-refractivity contribution in [3.8, 4) is 22.5 Å². The first-order valence-corrected chi connectivity index (χ1v) is 11.1. The fraction of sp³-hybridized carbons (Fsp3) is 0.0714. The third-order valence-electron chi connectivity index (χ3n) is 5.95. The smallest absolute Gasteiger partial charge is 0.232 e. The Morgan fingerprint density at radius 2 is 1.52 bits per heavy atom. The summed E-state index contributed by atoms with van der Waals surface area (Å²) in [5, 5.41) is 5.70. The quantitative estimate of drug-likeness (QED) is 0.309. The number of hydrogen-bond acceptors (Lipinski definition) is 4. The minimum Gasteiger partial charge on any atom is -0.437 e. The van der Waals surface area contributed by atoms with E-state index in [1.807, 2.05) is 42.5 Å². The molecule has 0 unspecified atom stereocenters. The highest BCUT2D eigenvalue weighted by atomic mass is 16.3. The van der Waals surface area contributed by atoms with Crippen LogP contribution >= 0.6 is 0 Å². The van der Waals surface area contributed by atoms with Crippen LogP contribution in [0.4, 0.5) is 5.82 Å². The summed E-state index contributed by atoms with van der Waals surface area (Å²) in [7, 11) is 0. The van der Waals surface area contributed by atoms with Crippen LogP contribution in [0.3, 0.4) is 0 Å². The van der Waals surface area contributed by atoms with Crippen molar-refractivity contribution in [2.45, 2.75) is 6.42 Å². The Morgan fingerprint density at radius 1 is 0.788 bits per heavy atom. The number of aromatic nitrogens is 3. The molecule has 0 atom stereocenters. The predicted molar refractivity (Wildman–Crippen MR) is 133 cm³/mol. The molecule has 6 rings (SSSR count). The maximum absolute atomic E-state index is 6.29. The van der Waals surface area contributed by atoms with Gasteiger partial charge in [0.15, 0.2) is 0 Å². The van der Waals surface area contributed by atoms with Gasteiger partial charge in [0, 0.05) is 34.8 Å². The largest absolute Gasteiger partial charge is 0.437 e. The highest BCUT2D eigenvalue weighted by Gasteiger charge is 2.21. The number of aromatic amines is 1. The number of furan rings is 1. The van der Waals surface area contributed by atoms with Gasteiger partial charge in [-0.3, -0.25) is 0 Å². The fourth-order valence-corrected chi connectivity index (χ4v) is 4.39. The lowest BCUT2D eigenvalue weighted by Crippen LogP contribution is -2.06. The maximum Gasteiger partial charge on any atom is 0.232 e. The highest BCUT2D eigenvalue weighted by Crippen LogP contribution is 2.42. The molecule has 2 N–H and O–H groups in total. The Bertz CT molecular complexity index is 1530. The monoisotopic (exact) mass is 430 g/mol. The van der Waals surface area contributed by atoms with Crippen LogP contribution in [0, 0.1) is 0 Å². The molecule has 0 fully saturated rings. The summed E-state index contributed by atoms with van der Waals surface area (Å²) in [5.74, 6) is 1.58. The normalized spacial score (nSPS) is 11.3. The second-order valence-electron chi connectivity index (χ2n) is 7.98. The Balaban J connectivity index is 1.40. The lowest BCUT2D eigenvalue weighted by atomic mass is 9.99. The number of nitrogens with one attached hydrogen (secondary N) is 2. The van der Waals surface area contributed by atoms with Crippen LogP contribution in [0.15, 0.2) is 102 Å². The van der Waals surface area contributed by atoms with Crippen molar-refractivity contribution in [3.63, 3.8) is 0 Å². The zero-order chi connectivity index (χ0) is 22.0. The van der Waals surface area contributed by atoms with Gasteiger partial charge in [-0.2, -0.15) is 0 Å². The van der Waals surface area contributed by atoms with E-state index in [0.717, 1.165) is 52.1 Å². The molecule has 0 aliphatic rings. The standard InChI is InChI=1S/C28H22N4O/c1-3-9-19(10-4-1)24-25-27(29-16-15-21-17-30-23-14-8-7-13-22(21)23)31-18-32-28(25)33-26(24)20-11-5-2-6-12-20/h1-14,17-18,30H,15-16H2,(H,29,31,32). The highest BCUT2D eigenvalue weighted by molar-refractivity contribution is 6.05. The SMILES string of the molecule is c1ccc(-c2oc3ncnc(NCCc4c[nH]c5ccccc45)c3c2-c2ccccc2)cc1. The molecule has 3 aromatic heterocycles. The number of benzene rings is 3. The summed E-state index contributed by atoms with van der Waals surface area (Å²) in [6.45, 7) is 0.744. The van der Waals surface area contributed by atoms with Crippen LogP contribution < -0.4 is 5.32 Å². The zero-order valence-electron chi connectivity index (χ0n) is 18.0. The third-order valence-corrected chi connectivity index (χ3v) is 5.95. The number of H-pyrrole nitrogens is 1. The van der Waals surface area contributed by atoms with Crippen LogP contribution in [-0.2, 0) is 6.42 Å². The number of nitrogens with zero attached hydrogens (tertiary/aromatic N) is 2. The first kappa shape index (κ1) is 19.3. The Labute approximate surface area is 191 Å². The van der Waals surface area contributed by atoms with Crippen molar-refractivity contribution in [2.75, 3.05) is 11.9 Å². The van der Waals surface area contributed by atoms with Crippen molar-refractivity contribution in [1.82, 2.24) is 15.0 Å². The molecule has 0 amide bonds. The van der Waals surface area contributed by atoms with Gasteiger partial charge in [-0.05, 0) is 23.6 Å². The van der Waals surface area contributed by atoms with Gasteiger partial charge >= 0.3 is 0 Å². The molecular weight excluding hydrogens is 408 g/mol. The third kappa shape index (κ3) is 3.53. The van der Waals surface area contributed by atoms with Gasteiger partial charge in [-0.25, -0.2) is 9.97 Å². The molecule has 0 radical (unpaired) electrons. The molecule has 33 heavy (non-hydrogen) atoms. The fourth-order valence-electron chi connectivity index (χ4n) is 4.39. The Hall–Kier alpha value is -4.38. The van der Waals surface area contributed by atoms with E-state index >= 15 is 0 Å². The molecule has 3 heterocycles. The van der Waals surface area contributed by atoms with Crippen molar-refractivity contribution in [1.29, 1.82) is 0 Å². The lowest BCUT2D eigenvalue weighted by molar-refractivity contribution is 0.618. The van der Waals surface area contributed by atoms with E-state index in [-0.39, 0.29) is 0 Å². The number of hydrogen-bond donors (Lipinski definition) is 2. The van der Waals surface area contributed by atoms with Crippen molar-refractivity contribution in [3.05, 3.63) is 103 Å². The molecule has 0 aliphatic heterocycles.